The zero-order chi connectivity index (χ0) is 15.9. The molecule has 6 nitrogen and oxygen atoms in total. The Morgan fingerprint density at radius 1 is 1.27 bits per heavy atom. The molecule has 0 radical (unpaired) electrons. The van der Waals surface area contributed by atoms with Crippen molar-refractivity contribution < 1.29 is 14.4 Å². The van der Waals surface area contributed by atoms with Gasteiger partial charge in [-0.3, -0.25) is 14.5 Å². The molecule has 1 aromatic rings. The van der Waals surface area contributed by atoms with Crippen molar-refractivity contribution in [2.24, 2.45) is 0 Å². The van der Waals surface area contributed by atoms with E-state index in [-0.39, 0.29) is 37.0 Å². The molecular formula is C16H19N3O3. The van der Waals surface area contributed by atoms with Crippen molar-refractivity contribution in [1.29, 1.82) is 0 Å². The van der Waals surface area contributed by atoms with Gasteiger partial charge < -0.3 is 10.2 Å². The van der Waals surface area contributed by atoms with Crippen LogP contribution in [0, 0.1) is 13.8 Å². The SMILES string of the molecule is Cc1ccc(C)c(NC(=O)CN2C(=O)CN(C3CC3)C2=O)c1. The molecule has 4 amide bonds. The second-order valence-corrected chi connectivity index (χ2v) is 5.99. The molecule has 0 unspecified atom stereocenters. The van der Waals surface area contributed by atoms with Gasteiger partial charge in [-0.1, -0.05) is 12.1 Å². The maximum Gasteiger partial charge on any atom is 0.327 e. The van der Waals surface area contributed by atoms with Crippen LogP contribution < -0.4 is 5.32 Å². The fourth-order valence-corrected chi connectivity index (χ4v) is 2.59. The molecule has 1 saturated heterocycles. The topological polar surface area (TPSA) is 69.7 Å². The van der Waals surface area contributed by atoms with Gasteiger partial charge in [0.2, 0.25) is 5.91 Å². The van der Waals surface area contributed by atoms with Crippen LogP contribution in [-0.2, 0) is 9.59 Å². The first-order chi connectivity index (χ1) is 10.5. The first-order valence-corrected chi connectivity index (χ1v) is 7.44. The number of benzene rings is 1. The largest absolute Gasteiger partial charge is 0.327 e. The standard InChI is InChI=1S/C16H19N3O3/c1-10-3-4-11(2)13(7-10)17-14(20)8-19-15(21)9-18(16(19)22)12-5-6-12/h3-4,7,12H,5-6,8-9H2,1-2H3,(H,17,20). The number of carbonyl (C=O) groups is 3. The number of urea groups is 1. The Labute approximate surface area is 129 Å². The van der Waals surface area contributed by atoms with Gasteiger partial charge >= 0.3 is 6.03 Å². The summed E-state index contributed by atoms with van der Waals surface area (Å²) < 4.78 is 0. The third-order valence-electron chi connectivity index (χ3n) is 4.04. The van der Waals surface area contributed by atoms with E-state index in [0.717, 1.165) is 28.9 Å². The number of aryl methyl sites for hydroxylation is 2. The van der Waals surface area contributed by atoms with Crippen molar-refractivity contribution in [3.05, 3.63) is 29.3 Å². The smallest absolute Gasteiger partial charge is 0.324 e. The van der Waals surface area contributed by atoms with Crippen LogP contribution in [0.25, 0.3) is 0 Å². The van der Waals surface area contributed by atoms with E-state index in [2.05, 4.69) is 5.32 Å². The molecule has 0 atom stereocenters. The quantitative estimate of drug-likeness (QED) is 0.860. The summed E-state index contributed by atoms with van der Waals surface area (Å²) >= 11 is 0. The Hall–Kier alpha value is -2.37. The summed E-state index contributed by atoms with van der Waals surface area (Å²) in [5.74, 6) is -0.652. The van der Waals surface area contributed by atoms with Crippen molar-refractivity contribution in [2.45, 2.75) is 32.7 Å². The van der Waals surface area contributed by atoms with Gasteiger partial charge in [-0.2, -0.15) is 0 Å². The number of hydrogen-bond acceptors (Lipinski definition) is 3. The van der Waals surface area contributed by atoms with E-state index in [0.29, 0.717) is 5.69 Å². The first kappa shape index (κ1) is 14.6. The number of nitrogens with zero attached hydrogens (tertiary/aromatic N) is 2. The third kappa shape index (κ3) is 2.81. The Bertz CT molecular complexity index is 652. The molecule has 0 spiro atoms. The number of imide groups is 1. The molecule has 1 aliphatic carbocycles. The van der Waals surface area contributed by atoms with Gasteiger partial charge in [0, 0.05) is 11.7 Å². The van der Waals surface area contributed by atoms with Crippen LogP contribution in [-0.4, -0.2) is 46.8 Å². The van der Waals surface area contributed by atoms with E-state index in [1.165, 1.54) is 0 Å². The maximum atomic E-state index is 12.2. The third-order valence-corrected chi connectivity index (χ3v) is 4.04. The van der Waals surface area contributed by atoms with E-state index in [4.69, 9.17) is 0 Å². The van der Waals surface area contributed by atoms with Gasteiger partial charge in [0.05, 0.1) is 0 Å². The lowest BCUT2D eigenvalue weighted by Crippen LogP contribution is -2.39. The lowest BCUT2D eigenvalue weighted by molar-refractivity contribution is -0.129. The Morgan fingerprint density at radius 2 is 2.00 bits per heavy atom. The highest BCUT2D eigenvalue weighted by Crippen LogP contribution is 2.30. The lowest BCUT2D eigenvalue weighted by Gasteiger charge is -2.16. The molecule has 2 fully saturated rings. The first-order valence-electron chi connectivity index (χ1n) is 7.44. The number of rotatable bonds is 4. The summed E-state index contributed by atoms with van der Waals surface area (Å²) in [6.45, 7) is 3.71. The van der Waals surface area contributed by atoms with E-state index >= 15 is 0 Å². The van der Waals surface area contributed by atoms with Crippen LogP contribution in [0.5, 0.6) is 0 Å². The summed E-state index contributed by atoms with van der Waals surface area (Å²) in [7, 11) is 0. The molecule has 116 valence electrons. The molecule has 6 heteroatoms. The highest BCUT2D eigenvalue weighted by atomic mass is 16.2. The molecule has 1 N–H and O–H groups in total. The summed E-state index contributed by atoms with van der Waals surface area (Å²) in [4.78, 5) is 38.8. The summed E-state index contributed by atoms with van der Waals surface area (Å²) in [5, 5.41) is 2.78. The molecule has 22 heavy (non-hydrogen) atoms. The zero-order valence-corrected chi connectivity index (χ0v) is 12.8. The minimum absolute atomic E-state index is 0.0975. The van der Waals surface area contributed by atoms with Crippen molar-refractivity contribution in [1.82, 2.24) is 9.80 Å². The minimum atomic E-state index is -0.354. The second-order valence-electron chi connectivity index (χ2n) is 5.99. The van der Waals surface area contributed by atoms with Gasteiger partial charge in [-0.15, -0.1) is 0 Å². The van der Waals surface area contributed by atoms with Crippen LogP contribution in [0.4, 0.5) is 10.5 Å². The molecule has 1 heterocycles. The zero-order valence-electron chi connectivity index (χ0n) is 12.8. The molecule has 1 aromatic carbocycles. The van der Waals surface area contributed by atoms with Gasteiger partial charge in [0.1, 0.15) is 13.1 Å². The predicted octanol–water partition coefficient (Wildman–Crippen LogP) is 1.67. The fraction of sp³-hybridized carbons (Fsp3) is 0.438. The van der Waals surface area contributed by atoms with Crippen molar-refractivity contribution in [3.8, 4) is 0 Å². The van der Waals surface area contributed by atoms with Crippen LogP contribution >= 0.6 is 0 Å². The maximum absolute atomic E-state index is 12.2. The highest BCUT2D eigenvalue weighted by molar-refractivity contribution is 6.06. The van der Waals surface area contributed by atoms with Crippen LogP contribution in [0.2, 0.25) is 0 Å². The van der Waals surface area contributed by atoms with E-state index in [1.54, 1.807) is 4.90 Å². The van der Waals surface area contributed by atoms with Gasteiger partial charge in [0.15, 0.2) is 0 Å². The van der Waals surface area contributed by atoms with Gasteiger partial charge in [0.25, 0.3) is 5.91 Å². The van der Waals surface area contributed by atoms with Gasteiger partial charge in [-0.05, 0) is 43.9 Å². The van der Waals surface area contributed by atoms with Crippen molar-refractivity contribution in [2.75, 3.05) is 18.4 Å². The number of amides is 4. The van der Waals surface area contributed by atoms with Crippen LogP contribution in [0.3, 0.4) is 0 Å². The van der Waals surface area contributed by atoms with Crippen molar-refractivity contribution >= 4 is 23.5 Å². The number of anilines is 1. The number of nitrogens with one attached hydrogen (secondary N) is 1. The average Bonchev–Trinajstić information content (AvgIpc) is 3.26. The summed E-state index contributed by atoms with van der Waals surface area (Å²) in [6, 6.07) is 5.60. The summed E-state index contributed by atoms with van der Waals surface area (Å²) in [5.41, 5.74) is 2.69. The monoisotopic (exact) mass is 301 g/mol. The van der Waals surface area contributed by atoms with Crippen molar-refractivity contribution in [3.63, 3.8) is 0 Å². The molecule has 1 aliphatic heterocycles. The molecule has 0 bridgehead atoms. The molecular weight excluding hydrogens is 282 g/mol. The normalized spacial score (nSPS) is 18.1. The average molecular weight is 301 g/mol. The minimum Gasteiger partial charge on any atom is -0.324 e. The summed E-state index contributed by atoms with van der Waals surface area (Å²) in [6.07, 6.45) is 1.89. The van der Waals surface area contributed by atoms with E-state index in [9.17, 15) is 14.4 Å². The van der Waals surface area contributed by atoms with Crippen LogP contribution in [0.15, 0.2) is 18.2 Å². The Balaban J connectivity index is 1.65. The molecule has 3 rings (SSSR count). The molecule has 1 saturated carbocycles. The highest BCUT2D eigenvalue weighted by Gasteiger charge is 2.44. The Morgan fingerprint density at radius 3 is 2.68 bits per heavy atom. The second kappa shape index (κ2) is 5.44. The number of hydrogen-bond donors (Lipinski definition) is 1. The molecule has 0 aromatic heterocycles. The lowest BCUT2D eigenvalue weighted by atomic mass is 10.1. The van der Waals surface area contributed by atoms with Crippen LogP contribution in [0.1, 0.15) is 24.0 Å². The van der Waals surface area contributed by atoms with E-state index < -0.39 is 0 Å². The van der Waals surface area contributed by atoms with Gasteiger partial charge in [-0.25, -0.2) is 4.79 Å². The van der Waals surface area contributed by atoms with E-state index in [1.807, 2.05) is 32.0 Å². The predicted molar refractivity (Wildman–Crippen MR) is 81.4 cm³/mol. The Kier molecular flexibility index (Phi) is 3.60. The fourth-order valence-electron chi connectivity index (χ4n) is 2.59. The molecule has 2 aliphatic rings. The number of carbonyl (C=O) groups excluding carboxylic acids is 3.